The molecule has 54 valence electrons. The molecule has 0 unspecified atom stereocenters. The zero-order valence-corrected chi connectivity index (χ0v) is 5.89. The van der Waals surface area contributed by atoms with Gasteiger partial charge in [0.25, 0.3) is 0 Å². The maximum absolute atomic E-state index is 8.89. The standard InChI is InChI=1S/C7H14O2/c1-2-7(6-8)4-3-5-9-7/h8H,2-6H2,1H3/t7-/m0/s1. The molecule has 2 nitrogen and oxygen atoms in total. The lowest BCUT2D eigenvalue weighted by atomic mass is 9.98. The van der Waals surface area contributed by atoms with E-state index in [1.807, 2.05) is 0 Å². The lowest BCUT2D eigenvalue weighted by Crippen LogP contribution is -2.30. The van der Waals surface area contributed by atoms with Crippen LogP contribution in [0.1, 0.15) is 26.2 Å². The number of hydrogen-bond donors (Lipinski definition) is 1. The Morgan fingerprint density at radius 3 is 2.67 bits per heavy atom. The van der Waals surface area contributed by atoms with Gasteiger partial charge in [-0.2, -0.15) is 0 Å². The first-order valence-electron chi connectivity index (χ1n) is 3.58. The summed E-state index contributed by atoms with van der Waals surface area (Å²) in [5, 5.41) is 8.89. The minimum absolute atomic E-state index is 0.167. The second kappa shape index (κ2) is 2.67. The van der Waals surface area contributed by atoms with Gasteiger partial charge in [0.05, 0.1) is 12.2 Å². The highest BCUT2D eigenvalue weighted by molar-refractivity contribution is 4.82. The van der Waals surface area contributed by atoms with Gasteiger partial charge in [0, 0.05) is 6.61 Å². The van der Waals surface area contributed by atoms with Gasteiger partial charge in [-0.1, -0.05) is 6.92 Å². The molecule has 0 aromatic carbocycles. The van der Waals surface area contributed by atoms with Crippen molar-refractivity contribution in [3.8, 4) is 0 Å². The molecule has 1 aliphatic rings. The number of aliphatic hydroxyl groups is 1. The summed E-state index contributed by atoms with van der Waals surface area (Å²) in [6.45, 7) is 3.07. The van der Waals surface area contributed by atoms with Gasteiger partial charge in [-0.15, -0.1) is 0 Å². The largest absolute Gasteiger partial charge is 0.393 e. The van der Waals surface area contributed by atoms with E-state index in [4.69, 9.17) is 9.84 Å². The minimum Gasteiger partial charge on any atom is -0.393 e. The molecule has 0 bridgehead atoms. The first kappa shape index (κ1) is 7.03. The molecule has 0 aliphatic carbocycles. The van der Waals surface area contributed by atoms with Gasteiger partial charge in [-0.3, -0.25) is 0 Å². The molecule has 1 fully saturated rings. The van der Waals surface area contributed by atoms with Crippen molar-refractivity contribution in [3.63, 3.8) is 0 Å². The maximum atomic E-state index is 8.89. The smallest absolute Gasteiger partial charge is 0.0910 e. The first-order chi connectivity index (χ1) is 4.33. The van der Waals surface area contributed by atoms with Crippen LogP contribution in [0.25, 0.3) is 0 Å². The molecule has 1 N–H and O–H groups in total. The molecule has 1 rings (SSSR count). The van der Waals surface area contributed by atoms with Gasteiger partial charge in [0.2, 0.25) is 0 Å². The molecular weight excluding hydrogens is 116 g/mol. The Balaban J connectivity index is 2.45. The van der Waals surface area contributed by atoms with Crippen molar-refractivity contribution in [1.82, 2.24) is 0 Å². The van der Waals surface area contributed by atoms with E-state index >= 15 is 0 Å². The van der Waals surface area contributed by atoms with E-state index in [1.54, 1.807) is 0 Å². The molecule has 1 heterocycles. The van der Waals surface area contributed by atoms with Gasteiger partial charge in [0.1, 0.15) is 0 Å². The highest BCUT2D eigenvalue weighted by Gasteiger charge is 2.31. The zero-order valence-electron chi connectivity index (χ0n) is 5.89. The molecular formula is C7H14O2. The second-order valence-corrected chi connectivity index (χ2v) is 2.65. The van der Waals surface area contributed by atoms with Crippen molar-refractivity contribution < 1.29 is 9.84 Å². The summed E-state index contributed by atoms with van der Waals surface area (Å²) >= 11 is 0. The molecule has 0 amide bonds. The Bertz CT molecular complexity index is 78.9. The molecule has 0 spiro atoms. The average Bonchev–Trinajstić information content (AvgIpc) is 2.36. The zero-order chi connectivity index (χ0) is 6.74. The average molecular weight is 130 g/mol. The third kappa shape index (κ3) is 1.25. The van der Waals surface area contributed by atoms with E-state index in [2.05, 4.69) is 6.92 Å². The number of ether oxygens (including phenoxy) is 1. The topological polar surface area (TPSA) is 29.5 Å². The molecule has 1 saturated heterocycles. The Morgan fingerprint density at radius 1 is 1.67 bits per heavy atom. The predicted octanol–water partition coefficient (Wildman–Crippen LogP) is 0.938. The normalized spacial score (nSPS) is 35.3. The highest BCUT2D eigenvalue weighted by atomic mass is 16.5. The van der Waals surface area contributed by atoms with E-state index in [-0.39, 0.29) is 12.2 Å². The summed E-state index contributed by atoms with van der Waals surface area (Å²) in [5.74, 6) is 0. The van der Waals surface area contributed by atoms with Crippen molar-refractivity contribution in [3.05, 3.63) is 0 Å². The third-order valence-corrected chi connectivity index (χ3v) is 2.12. The summed E-state index contributed by atoms with van der Waals surface area (Å²) in [6, 6.07) is 0. The molecule has 1 aliphatic heterocycles. The summed E-state index contributed by atoms with van der Waals surface area (Å²) in [5.41, 5.74) is -0.167. The first-order valence-corrected chi connectivity index (χ1v) is 3.58. The SMILES string of the molecule is CC[C@@]1(CO)CCCO1. The fourth-order valence-corrected chi connectivity index (χ4v) is 1.27. The molecule has 2 heteroatoms. The summed E-state index contributed by atoms with van der Waals surface area (Å²) in [7, 11) is 0. The van der Waals surface area contributed by atoms with Crippen LogP contribution in [0, 0.1) is 0 Å². The number of rotatable bonds is 2. The summed E-state index contributed by atoms with van der Waals surface area (Å²) < 4.78 is 5.39. The van der Waals surface area contributed by atoms with Gasteiger partial charge < -0.3 is 9.84 Å². The van der Waals surface area contributed by atoms with Crippen LogP contribution in [0.2, 0.25) is 0 Å². The Morgan fingerprint density at radius 2 is 2.44 bits per heavy atom. The van der Waals surface area contributed by atoms with Crippen LogP contribution >= 0.6 is 0 Å². The Labute approximate surface area is 55.8 Å². The van der Waals surface area contributed by atoms with E-state index in [0.717, 1.165) is 25.9 Å². The van der Waals surface area contributed by atoms with Crippen LogP contribution in [0.5, 0.6) is 0 Å². The Kier molecular flexibility index (Phi) is 2.09. The highest BCUT2D eigenvalue weighted by Crippen LogP contribution is 2.27. The van der Waals surface area contributed by atoms with Gasteiger partial charge in [-0.25, -0.2) is 0 Å². The minimum atomic E-state index is -0.167. The van der Waals surface area contributed by atoms with E-state index in [0.29, 0.717) is 0 Å². The molecule has 0 aromatic rings. The van der Waals surface area contributed by atoms with Crippen molar-refractivity contribution in [1.29, 1.82) is 0 Å². The van der Waals surface area contributed by atoms with Crippen molar-refractivity contribution in [2.24, 2.45) is 0 Å². The lowest BCUT2D eigenvalue weighted by molar-refractivity contribution is -0.0405. The summed E-state index contributed by atoms with van der Waals surface area (Å²) in [4.78, 5) is 0. The van der Waals surface area contributed by atoms with Crippen molar-refractivity contribution in [2.75, 3.05) is 13.2 Å². The van der Waals surface area contributed by atoms with Crippen LogP contribution < -0.4 is 0 Å². The van der Waals surface area contributed by atoms with E-state index < -0.39 is 0 Å². The molecule has 1 atom stereocenters. The van der Waals surface area contributed by atoms with Crippen LogP contribution in [0.4, 0.5) is 0 Å². The van der Waals surface area contributed by atoms with Crippen molar-refractivity contribution >= 4 is 0 Å². The molecule has 0 saturated carbocycles. The van der Waals surface area contributed by atoms with E-state index in [9.17, 15) is 0 Å². The van der Waals surface area contributed by atoms with Gasteiger partial charge >= 0.3 is 0 Å². The molecule has 0 radical (unpaired) electrons. The lowest BCUT2D eigenvalue weighted by Gasteiger charge is -2.23. The van der Waals surface area contributed by atoms with Gasteiger partial charge in [0.15, 0.2) is 0 Å². The molecule has 9 heavy (non-hydrogen) atoms. The quantitative estimate of drug-likeness (QED) is 0.602. The fourth-order valence-electron chi connectivity index (χ4n) is 1.27. The van der Waals surface area contributed by atoms with E-state index in [1.165, 1.54) is 0 Å². The van der Waals surface area contributed by atoms with Crippen LogP contribution in [-0.4, -0.2) is 23.9 Å². The van der Waals surface area contributed by atoms with Crippen molar-refractivity contribution in [2.45, 2.75) is 31.8 Å². The predicted molar refractivity (Wildman–Crippen MR) is 35.3 cm³/mol. The second-order valence-electron chi connectivity index (χ2n) is 2.65. The van der Waals surface area contributed by atoms with Crippen LogP contribution in [0.15, 0.2) is 0 Å². The maximum Gasteiger partial charge on any atom is 0.0910 e. The van der Waals surface area contributed by atoms with Gasteiger partial charge in [-0.05, 0) is 19.3 Å². The van der Waals surface area contributed by atoms with Crippen LogP contribution in [-0.2, 0) is 4.74 Å². The fraction of sp³-hybridized carbons (Fsp3) is 1.00. The monoisotopic (exact) mass is 130 g/mol. The number of hydrogen-bond acceptors (Lipinski definition) is 2. The Hall–Kier alpha value is -0.0800. The third-order valence-electron chi connectivity index (χ3n) is 2.12. The van der Waals surface area contributed by atoms with Crippen LogP contribution in [0.3, 0.4) is 0 Å². The summed E-state index contributed by atoms with van der Waals surface area (Å²) in [6.07, 6.45) is 3.07. The number of aliphatic hydroxyl groups excluding tert-OH is 1. The molecule has 0 aromatic heterocycles.